The predicted octanol–water partition coefficient (Wildman–Crippen LogP) is 1.93. The zero-order valence-corrected chi connectivity index (χ0v) is 16.0. The molecule has 2 fully saturated rings. The average Bonchev–Trinajstić information content (AvgIpc) is 3.02. The smallest absolute Gasteiger partial charge is 0.321 e. The standard InChI is InChI=1S/C20H21N7O/c1-12-5-13(2)23-19-17(12)11-27-18(19)3-4-26(20(27)28)16-9-25(10-16)15-6-14(7-21)24-22-8-15/h5-6,8,16,18H,3-4,9-11H2,1-2H3. The molecule has 0 aromatic carbocycles. The van der Waals surface area contributed by atoms with Crippen LogP contribution in [0.5, 0.6) is 0 Å². The lowest BCUT2D eigenvalue weighted by Crippen LogP contribution is -2.64. The number of aryl methyl sites for hydroxylation is 2. The van der Waals surface area contributed by atoms with Gasteiger partial charge in [0.1, 0.15) is 6.07 Å². The molecule has 28 heavy (non-hydrogen) atoms. The molecular formula is C20H21N7O. The molecule has 0 aliphatic carbocycles. The maximum absolute atomic E-state index is 13.2. The Hall–Kier alpha value is -3.21. The summed E-state index contributed by atoms with van der Waals surface area (Å²) < 4.78 is 0. The van der Waals surface area contributed by atoms with E-state index < -0.39 is 0 Å². The normalized spacial score (nSPS) is 21.2. The van der Waals surface area contributed by atoms with Crippen LogP contribution in [0, 0.1) is 25.2 Å². The quantitative estimate of drug-likeness (QED) is 0.797. The van der Waals surface area contributed by atoms with Gasteiger partial charge in [-0.3, -0.25) is 4.98 Å². The van der Waals surface area contributed by atoms with Crippen molar-refractivity contribution in [1.29, 1.82) is 5.26 Å². The topological polar surface area (TPSA) is 89.2 Å². The number of hydrogen-bond acceptors (Lipinski definition) is 6. The van der Waals surface area contributed by atoms with E-state index in [1.807, 2.05) is 22.8 Å². The average molecular weight is 375 g/mol. The zero-order chi connectivity index (χ0) is 19.4. The minimum atomic E-state index is 0.108. The Kier molecular flexibility index (Phi) is 3.72. The van der Waals surface area contributed by atoms with Crippen molar-refractivity contribution in [2.75, 3.05) is 24.5 Å². The van der Waals surface area contributed by atoms with Crippen molar-refractivity contribution in [2.45, 2.75) is 38.9 Å². The highest BCUT2D eigenvalue weighted by Crippen LogP contribution is 2.41. The van der Waals surface area contributed by atoms with E-state index >= 15 is 0 Å². The van der Waals surface area contributed by atoms with Crippen LogP contribution in [0.15, 0.2) is 18.3 Å². The fourth-order valence-electron chi connectivity index (χ4n) is 4.60. The van der Waals surface area contributed by atoms with Gasteiger partial charge in [0, 0.05) is 31.4 Å². The number of fused-ring (bicyclic) bond motifs is 3. The number of pyridine rings is 1. The number of nitrogens with zero attached hydrogens (tertiary/aromatic N) is 7. The van der Waals surface area contributed by atoms with Crippen molar-refractivity contribution in [3.63, 3.8) is 0 Å². The number of urea groups is 1. The monoisotopic (exact) mass is 375 g/mol. The molecule has 0 radical (unpaired) electrons. The van der Waals surface area contributed by atoms with E-state index in [-0.39, 0.29) is 18.1 Å². The minimum absolute atomic E-state index is 0.108. The van der Waals surface area contributed by atoms with Crippen LogP contribution in [-0.2, 0) is 6.54 Å². The van der Waals surface area contributed by atoms with Crippen LogP contribution in [0.25, 0.3) is 0 Å². The third-order valence-corrected chi connectivity index (χ3v) is 6.09. The number of amides is 2. The second-order valence-electron chi connectivity index (χ2n) is 7.82. The summed E-state index contributed by atoms with van der Waals surface area (Å²) in [6.45, 7) is 7.04. The summed E-state index contributed by atoms with van der Waals surface area (Å²) in [7, 11) is 0. The maximum Gasteiger partial charge on any atom is 0.321 e. The highest BCUT2D eigenvalue weighted by atomic mass is 16.2. The molecule has 0 N–H and O–H groups in total. The van der Waals surface area contributed by atoms with Gasteiger partial charge in [0.25, 0.3) is 0 Å². The lowest BCUT2D eigenvalue weighted by atomic mass is 10.0. The van der Waals surface area contributed by atoms with Crippen molar-refractivity contribution >= 4 is 11.7 Å². The van der Waals surface area contributed by atoms with Gasteiger partial charge in [-0.25, -0.2) is 4.79 Å². The summed E-state index contributed by atoms with van der Waals surface area (Å²) in [6.07, 6.45) is 2.58. The number of carbonyl (C=O) groups is 1. The largest absolute Gasteiger partial charge is 0.366 e. The fourth-order valence-corrected chi connectivity index (χ4v) is 4.60. The third kappa shape index (κ3) is 2.50. The van der Waals surface area contributed by atoms with E-state index in [9.17, 15) is 4.79 Å². The maximum atomic E-state index is 13.2. The van der Waals surface area contributed by atoms with Gasteiger partial charge in [-0.2, -0.15) is 10.4 Å². The molecule has 3 aliphatic heterocycles. The van der Waals surface area contributed by atoms with Crippen LogP contribution in [0.3, 0.4) is 0 Å². The molecule has 5 heterocycles. The number of hydrogen-bond donors (Lipinski definition) is 0. The summed E-state index contributed by atoms with van der Waals surface area (Å²) in [5, 5.41) is 16.6. The van der Waals surface area contributed by atoms with Gasteiger partial charge >= 0.3 is 6.03 Å². The Morgan fingerprint density at radius 2 is 2.04 bits per heavy atom. The molecule has 2 amide bonds. The summed E-state index contributed by atoms with van der Waals surface area (Å²) in [4.78, 5) is 24.1. The molecule has 2 aromatic rings. The van der Waals surface area contributed by atoms with Crippen molar-refractivity contribution in [3.05, 3.63) is 46.5 Å². The highest BCUT2D eigenvalue weighted by molar-refractivity contribution is 5.78. The highest BCUT2D eigenvalue weighted by Gasteiger charge is 2.45. The van der Waals surface area contributed by atoms with Gasteiger partial charge in [-0.05, 0) is 37.5 Å². The molecule has 142 valence electrons. The molecule has 2 saturated heterocycles. The first-order chi connectivity index (χ1) is 13.5. The Morgan fingerprint density at radius 1 is 1.21 bits per heavy atom. The van der Waals surface area contributed by atoms with E-state index in [1.54, 1.807) is 12.3 Å². The summed E-state index contributed by atoms with van der Waals surface area (Å²) in [5.74, 6) is 0. The van der Waals surface area contributed by atoms with Crippen molar-refractivity contribution in [3.8, 4) is 6.07 Å². The Morgan fingerprint density at radius 3 is 2.82 bits per heavy atom. The first-order valence-corrected chi connectivity index (χ1v) is 9.57. The van der Waals surface area contributed by atoms with Crippen LogP contribution in [-0.4, -0.2) is 56.7 Å². The Balaban J connectivity index is 1.30. The molecule has 0 spiro atoms. The number of nitriles is 1. The molecule has 8 nitrogen and oxygen atoms in total. The lowest BCUT2D eigenvalue weighted by Gasteiger charge is -2.49. The minimum Gasteiger partial charge on any atom is -0.366 e. The van der Waals surface area contributed by atoms with Crippen LogP contribution < -0.4 is 4.90 Å². The fraction of sp³-hybridized carbons (Fsp3) is 0.450. The second kappa shape index (κ2) is 6.16. The van der Waals surface area contributed by atoms with E-state index in [2.05, 4.69) is 28.1 Å². The van der Waals surface area contributed by atoms with Crippen LogP contribution in [0.2, 0.25) is 0 Å². The van der Waals surface area contributed by atoms with Crippen molar-refractivity contribution in [1.82, 2.24) is 25.0 Å². The zero-order valence-electron chi connectivity index (χ0n) is 16.0. The molecule has 1 unspecified atom stereocenters. The van der Waals surface area contributed by atoms with E-state index in [0.29, 0.717) is 12.2 Å². The Bertz CT molecular complexity index is 1010. The van der Waals surface area contributed by atoms with Gasteiger partial charge in [-0.15, -0.1) is 5.10 Å². The Labute approximate surface area is 163 Å². The summed E-state index contributed by atoms with van der Waals surface area (Å²) in [5.41, 5.74) is 5.75. The first-order valence-electron chi connectivity index (χ1n) is 9.57. The van der Waals surface area contributed by atoms with Gasteiger partial charge in [-0.1, -0.05) is 0 Å². The van der Waals surface area contributed by atoms with Crippen LogP contribution >= 0.6 is 0 Å². The predicted molar refractivity (Wildman–Crippen MR) is 101 cm³/mol. The molecular weight excluding hydrogens is 354 g/mol. The lowest BCUT2D eigenvalue weighted by molar-refractivity contribution is 0.0757. The van der Waals surface area contributed by atoms with Gasteiger partial charge in [0.2, 0.25) is 0 Å². The summed E-state index contributed by atoms with van der Waals surface area (Å²) >= 11 is 0. The van der Waals surface area contributed by atoms with Crippen molar-refractivity contribution in [2.24, 2.45) is 0 Å². The summed E-state index contributed by atoms with van der Waals surface area (Å²) in [6, 6.07) is 6.26. The molecule has 3 aliphatic rings. The molecule has 8 heteroatoms. The van der Waals surface area contributed by atoms with Gasteiger partial charge < -0.3 is 14.7 Å². The molecule has 1 atom stereocenters. The van der Waals surface area contributed by atoms with E-state index in [4.69, 9.17) is 10.2 Å². The van der Waals surface area contributed by atoms with Gasteiger partial charge in [0.15, 0.2) is 5.69 Å². The molecule has 5 rings (SSSR count). The van der Waals surface area contributed by atoms with E-state index in [0.717, 1.165) is 43.1 Å². The first kappa shape index (κ1) is 16.9. The second-order valence-corrected chi connectivity index (χ2v) is 7.82. The van der Waals surface area contributed by atoms with E-state index in [1.165, 1.54) is 11.1 Å². The SMILES string of the molecule is Cc1cc(C)c2c(n1)C1CCN(C3CN(c4cnnc(C#N)c4)C3)C(=O)N1C2. The van der Waals surface area contributed by atoms with Crippen LogP contribution in [0.4, 0.5) is 10.5 Å². The number of aromatic nitrogens is 3. The van der Waals surface area contributed by atoms with Crippen molar-refractivity contribution < 1.29 is 4.79 Å². The molecule has 0 bridgehead atoms. The number of rotatable bonds is 2. The van der Waals surface area contributed by atoms with Gasteiger partial charge in [0.05, 0.1) is 36.2 Å². The third-order valence-electron chi connectivity index (χ3n) is 6.09. The number of anilines is 1. The number of carbonyl (C=O) groups excluding carboxylic acids is 1. The van der Waals surface area contributed by atoms with Crippen LogP contribution in [0.1, 0.15) is 40.7 Å². The molecule has 0 saturated carbocycles. The molecule has 2 aromatic heterocycles.